The highest BCUT2D eigenvalue weighted by molar-refractivity contribution is 6.30. The third kappa shape index (κ3) is 6.69. The molecule has 0 saturated carbocycles. The lowest BCUT2D eigenvalue weighted by Crippen LogP contribution is -2.39. The van der Waals surface area contributed by atoms with Crippen LogP contribution < -0.4 is 15.4 Å². The normalized spacial score (nSPS) is 11.3. The maximum Gasteiger partial charge on any atom is 0.191 e. The summed E-state index contributed by atoms with van der Waals surface area (Å²) >= 11 is 5.95. The lowest BCUT2D eigenvalue weighted by Gasteiger charge is -2.12. The quantitative estimate of drug-likeness (QED) is 0.440. The van der Waals surface area contributed by atoms with E-state index in [2.05, 4.69) is 15.6 Å². The Balaban J connectivity index is 2.64. The Morgan fingerprint density at radius 2 is 2.10 bits per heavy atom. The molecular formula is C15H24ClN3O2. The zero-order valence-electron chi connectivity index (χ0n) is 12.9. The van der Waals surface area contributed by atoms with E-state index in [1.165, 1.54) is 0 Å². The molecule has 6 heteroatoms. The first-order valence-corrected chi connectivity index (χ1v) is 7.51. The van der Waals surface area contributed by atoms with Gasteiger partial charge in [0.1, 0.15) is 5.75 Å². The number of benzene rings is 1. The molecule has 0 heterocycles. The second-order valence-corrected chi connectivity index (χ2v) is 4.71. The van der Waals surface area contributed by atoms with E-state index in [0.29, 0.717) is 18.2 Å². The van der Waals surface area contributed by atoms with Gasteiger partial charge in [0, 0.05) is 30.3 Å². The summed E-state index contributed by atoms with van der Waals surface area (Å²) in [6, 6.07) is 5.56. The first kappa shape index (κ1) is 17.6. The van der Waals surface area contributed by atoms with Crippen molar-refractivity contribution >= 4 is 17.6 Å². The van der Waals surface area contributed by atoms with Gasteiger partial charge in [-0.1, -0.05) is 17.7 Å². The van der Waals surface area contributed by atoms with Crippen molar-refractivity contribution in [3.8, 4) is 5.75 Å². The van der Waals surface area contributed by atoms with E-state index in [4.69, 9.17) is 21.1 Å². The molecule has 1 aromatic rings. The largest absolute Gasteiger partial charge is 0.496 e. The topological polar surface area (TPSA) is 54.9 Å². The van der Waals surface area contributed by atoms with Crippen LogP contribution >= 0.6 is 11.6 Å². The third-order valence-electron chi connectivity index (χ3n) is 2.74. The molecule has 0 saturated heterocycles. The van der Waals surface area contributed by atoms with Crippen molar-refractivity contribution in [1.29, 1.82) is 0 Å². The number of guanidine groups is 1. The van der Waals surface area contributed by atoms with E-state index in [1.807, 2.05) is 26.0 Å². The number of methoxy groups -OCH3 is 1. The number of nitrogens with one attached hydrogen (secondary N) is 2. The predicted molar refractivity (Wildman–Crippen MR) is 87.3 cm³/mol. The summed E-state index contributed by atoms with van der Waals surface area (Å²) in [6.45, 7) is 7.43. The van der Waals surface area contributed by atoms with Crippen molar-refractivity contribution in [2.45, 2.75) is 20.4 Å². The van der Waals surface area contributed by atoms with E-state index in [-0.39, 0.29) is 0 Å². The van der Waals surface area contributed by atoms with Crippen molar-refractivity contribution in [3.63, 3.8) is 0 Å². The molecule has 5 nitrogen and oxygen atoms in total. The molecule has 0 aromatic heterocycles. The minimum atomic E-state index is 0.518. The van der Waals surface area contributed by atoms with E-state index in [0.717, 1.165) is 37.0 Å². The first-order valence-electron chi connectivity index (χ1n) is 7.13. The number of aliphatic imine (C=N–C) groups is 1. The maximum atomic E-state index is 5.95. The van der Waals surface area contributed by atoms with Gasteiger partial charge in [0.2, 0.25) is 0 Å². The SMILES string of the molecule is CCNC(=NCc1ccc(Cl)cc1OC)NCCOCC. The molecule has 21 heavy (non-hydrogen) atoms. The average molecular weight is 314 g/mol. The van der Waals surface area contributed by atoms with Crippen molar-refractivity contribution in [1.82, 2.24) is 10.6 Å². The van der Waals surface area contributed by atoms with Crippen LogP contribution in [0.2, 0.25) is 5.02 Å². The van der Waals surface area contributed by atoms with Crippen LogP contribution in [0.25, 0.3) is 0 Å². The van der Waals surface area contributed by atoms with Gasteiger partial charge in [-0.15, -0.1) is 0 Å². The minimum absolute atomic E-state index is 0.518. The summed E-state index contributed by atoms with van der Waals surface area (Å²) in [5.41, 5.74) is 0.990. The summed E-state index contributed by atoms with van der Waals surface area (Å²) in [5.74, 6) is 1.51. The molecule has 0 unspecified atom stereocenters. The van der Waals surface area contributed by atoms with Crippen LogP contribution in [-0.4, -0.2) is 39.4 Å². The lowest BCUT2D eigenvalue weighted by molar-refractivity contribution is 0.152. The Morgan fingerprint density at radius 1 is 1.29 bits per heavy atom. The summed E-state index contributed by atoms with van der Waals surface area (Å²) in [4.78, 5) is 4.54. The van der Waals surface area contributed by atoms with E-state index in [1.54, 1.807) is 13.2 Å². The van der Waals surface area contributed by atoms with Crippen molar-refractivity contribution in [3.05, 3.63) is 28.8 Å². The Bertz CT molecular complexity index is 453. The van der Waals surface area contributed by atoms with Gasteiger partial charge in [0.05, 0.1) is 20.3 Å². The molecule has 0 radical (unpaired) electrons. The molecule has 1 aromatic carbocycles. The van der Waals surface area contributed by atoms with Crippen LogP contribution in [0, 0.1) is 0 Å². The number of ether oxygens (including phenoxy) is 2. The van der Waals surface area contributed by atoms with Crippen LogP contribution in [0.15, 0.2) is 23.2 Å². The molecule has 0 atom stereocenters. The lowest BCUT2D eigenvalue weighted by atomic mass is 10.2. The van der Waals surface area contributed by atoms with Crippen molar-refractivity contribution < 1.29 is 9.47 Å². The van der Waals surface area contributed by atoms with Gasteiger partial charge in [0.25, 0.3) is 0 Å². The molecule has 0 aliphatic rings. The molecule has 0 fully saturated rings. The maximum absolute atomic E-state index is 5.95. The van der Waals surface area contributed by atoms with Gasteiger partial charge >= 0.3 is 0 Å². The average Bonchev–Trinajstić information content (AvgIpc) is 2.49. The van der Waals surface area contributed by atoms with Crippen LogP contribution in [0.4, 0.5) is 0 Å². The summed E-state index contributed by atoms with van der Waals surface area (Å²) in [6.07, 6.45) is 0. The molecule has 2 N–H and O–H groups in total. The van der Waals surface area contributed by atoms with Gasteiger partial charge in [-0.05, 0) is 26.0 Å². The Morgan fingerprint density at radius 3 is 2.76 bits per heavy atom. The van der Waals surface area contributed by atoms with E-state index in [9.17, 15) is 0 Å². The second kappa shape index (κ2) is 10.3. The fourth-order valence-electron chi connectivity index (χ4n) is 1.74. The Hall–Kier alpha value is -1.46. The summed E-state index contributed by atoms with van der Waals surface area (Å²) < 4.78 is 10.6. The Kier molecular flexibility index (Phi) is 8.62. The van der Waals surface area contributed by atoms with Gasteiger partial charge in [-0.2, -0.15) is 0 Å². The van der Waals surface area contributed by atoms with Gasteiger partial charge in [-0.3, -0.25) is 0 Å². The number of nitrogens with zero attached hydrogens (tertiary/aromatic N) is 1. The van der Waals surface area contributed by atoms with Gasteiger partial charge < -0.3 is 20.1 Å². The smallest absolute Gasteiger partial charge is 0.191 e. The number of hydrogen-bond donors (Lipinski definition) is 2. The van der Waals surface area contributed by atoms with Crippen molar-refractivity contribution in [2.24, 2.45) is 4.99 Å². The molecule has 0 aliphatic heterocycles. The predicted octanol–water partition coefficient (Wildman–Crippen LogP) is 2.44. The highest BCUT2D eigenvalue weighted by Crippen LogP contribution is 2.23. The zero-order chi connectivity index (χ0) is 15.5. The fraction of sp³-hybridized carbons (Fsp3) is 0.533. The van der Waals surface area contributed by atoms with Crippen LogP contribution in [0.5, 0.6) is 5.75 Å². The molecule has 118 valence electrons. The number of hydrogen-bond acceptors (Lipinski definition) is 3. The molecule has 1 rings (SSSR count). The summed E-state index contributed by atoms with van der Waals surface area (Å²) in [5, 5.41) is 7.07. The summed E-state index contributed by atoms with van der Waals surface area (Å²) in [7, 11) is 1.63. The number of halogens is 1. The van der Waals surface area contributed by atoms with Gasteiger partial charge in [-0.25, -0.2) is 4.99 Å². The van der Waals surface area contributed by atoms with Crippen molar-refractivity contribution in [2.75, 3.05) is 33.4 Å². The molecule has 0 aliphatic carbocycles. The molecule has 0 bridgehead atoms. The van der Waals surface area contributed by atoms with Gasteiger partial charge in [0.15, 0.2) is 5.96 Å². The monoisotopic (exact) mass is 313 g/mol. The molecular weight excluding hydrogens is 290 g/mol. The minimum Gasteiger partial charge on any atom is -0.496 e. The van der Waals surface area contributed by atoms with E-state index >= 15 is 0 Å². The zero-order valence-corrected chi connectivity index (χ0v) is 13.7. The Labute approximate surface area is 131 Å². The van der Waals surface area contributed by atoms with Crippen LogP contribution in [-0.2, 0) is 11.3 Å². The first-order chi connectivity index (χ1) is 10.2. The highest BCUT2D eigenvalue weighted by Gasteiger charge is 2.04. The van der Waals surface area contributed by atoms with Crippen LogP contribution in [0.1, 0.15) is 19.4 Å². The fourth-order valence-corrected chi connectivity index (χ4v) is 1.90. The third-order valence-corrected chi connectivity index (χ3v) is 2.98. The standard InChI is InChI=1S/C15H24ClN3O2/c1-4-17-15(18-8-9-21-5-2)19-11-12-6-7-13(16)10-14(12)20-3/h6-7,10H,4-5,8-9,11H2,1-3H3,(H2,17,18,19). The number of rotatable bonds is 8. The molecule has 0 amide bonds. The van der Waals surface area contributed by atoms with E-state index < -0.39 is 0 Å². The second-order valence-electron chi connectivity index (χ2n) is 4.28. The highest BCUT2D eigenvalue weighted by atomic mass is 35.5. The molecule has 0 spiro atoms. The van der Waals surface area contributed by atoms with Crippen LogP contribution in [0.3, 0.4) is 0 Å².